The minimum Gasteiger partial charge on any atom is -0.299 e. The summed E-state index contributed by atoms with van der Waals surface area (Å²) in [7, 11) is 0. The largest absolute Gasteiger partial charge is 0.299 e. The molecule has 5 rings (SSSR count). The molecule has 0 saturated heterocycles. The van der Waals surface area contributed by atoms with Crippen molar-refractivity contribution in [3.63, 3.8) is 0 Å². The molecule has 0 aliphatic heterocycles. The summed E-state index contributed by atoms with van der Waals surface area (Å²) in [6.07, 6.45) is 8.99. The number of hydrogen-bond acceptors (Lipinski definition) is 4. The summed E-state index contributed by atoms with van der Waals surface area (Å²) in [6.45, 7) is 16.3. The van der Waals surface area contributed by atoms with Crippen molar-refractivity contribution in [2.45, 2.75) is 113 Å². The molecule has 5 aliphatic rings. The molecule has 194 valence electrons. The molecule has 0 unspecified atom stereocenters. The van der Waals surface area contributed by atoms with E-state index in [1.807, 2.05) is 0 Å². The van der Waals surface area contributed by atoms with Crippen LogP contribution in [0.5, 0.6) is 0 Å². The lowest BCUT2D eigenvalue weighted by molar-refractivity contribution is -0.228. The van der Waals surface area contributed by atoms with Crippen LogP contribution in [-0.4, -0.2) is 17.4 Å². The maximum absolute atomic E-state index is 14.4. The molecule has 0 aromatic carbocycles. The standard InChI is InChI=1S/C30H47N3O2/c1-25(2)12-14-30(24(31)33-32)15-13-29(7)23(18(30)17-25)19(34)16-21-27(5)10-9-22(35)26(3,4)20(27)8-11-28(21,29)6/h18,20-21,23,31-32H,8-17H2,1-7H3/t18-,20-,21+,23-,27-,28+,29+,30-/m0/s1. The Balaban J connectivity index is 1.61. The zero-order valence-corrected chi connectivity index (χ0v) is 23.1. The minimum atomic E-state index is -0.416. The van der Waals surface area contributed by atoms with Gasteiger partial charge in [0.05, 0.1) is 0 Å². The van der Waals surface area contributed by atoms with Crippen LogP contribution in [0.4, 0.5) is 0 Å². The van der Waals surface area contributed by atoms with Crippen LogP contribution < -0.4 is 0 Å². The third-order valence-corrected chi connectivity index (χ3v) is 13.3. The van der Waals surface area contributed by atoms with Crippen molar-refractivity contribution in [3.05, 3.63) is 0 Å². The maximum Gasteiger partial charge on any atom is 0.149 e. The number of nitrogens with zero attached hydrogens (tertiary/aromatic N) is 1. The number of amidine groups is 1. The molecule has 5 nitrogen and oxygen atoms in total. The van der Waals surface area contributed by atoms with Gasteiger partial charge in [0.2, 0.25) is 0 Å². The van der Waals surface area contributed by atoms with E-state index in [0.717, 1.165) is 51.4 Å². The topological polar surface area (TPSA) is 94.2 Å². The summed E-state index contributed by atoms with van der Waals surface area (Å²) < 4.78 is 0. The Morgan fingerprint density at radius 3 is 2.17 bits per heavy atom. The first-order valence-electron chi connectivity index (χ1n) is 14.1. The highest BCUT2D eigenvalue weighted by Gasteiger charge is 2.72. The van der Waals surface area contributed by atoms with E-state index in [2.05, 4.69) is 53.6 Å². The molecule has 0 radical (unpaired) electrons. The first-order chi connectivity index (χ1) is 16.1. The third kappa shape index (κ3) is 3.02. The number of rotatable bonds is 1. The summed E-state index contributed by atoms with van der Waals surface area (Å²) in [6, 6.07) is 0. The van der Waals surface area contributed by atoms with Gasteiger partial charge in [-0.05, 0) is 90.8 Å². The van der Waals surface area contributed by atoms with Crippen LogP contribution in [-0.2, 0) is 9.59 Å². The number of Topliss-reactive ketones (excluding diaryl/α,β-unsaturated/α-hetero) is 2. The van der Waals surface area contributed by atoms with E-state index in [1.54, 1.807) is 0 Å². The van der Waals surface area contributed by atoms with Crippen molar-refractivity contribution in [2.75, 3.05) is 0 Å². The van der Waals surface area contributed by atoms with E-state index >= 15 is 0 Å². The molecular weight excluding hydrogens is 434 g/mol. The smallest absolute Gasteiger partial charge is 0.149 e. The fourth-order valence-corrected chi connectivity index (χ4v) is 11.0. The predicted molar refractivity (Wildman–Crippen MR) is 137 cm³/mol. The number of carbonyl (C=O) groups excluding carboxylic acids is 2. The van der Waals surface area contributed by atoms with Gasteiger partial charge in [0, 0.05) is 29.6 Å². The lowest BCUT2D eigenvalue weighted by Crippen LogP contribution is -2.69. The molecule has 0 spiro atoms. The van der Waals surface area contributed by atoms with Crippen LogP contribution in [0.3, 0.4) is 0 Å². The Kier molecular flexibility index (Phi) is 5.30. The van der Waals surface area contributed by atoms with Gasteiger partial charge in [-0.3, -0.25) is 15.0 Å². The Hall–Kier alpha value is -1.39. The first-order valence-corrected chi connectivity index (χ1v) is 14.1. The number of hydrogen-bond donors (Lipinski definition) is 2. The lowest BCUT2D eigenvalue weighted by atomic mass is 9.31. The van der Waals surface area contributed by atoms with Crippen LogP contribution >= 0.6 is 0 Å². The van der Waals surface area contributed by atoms with E-state index < -0.39 is 5.41 Å². The summed E-state index contributed by atoms with van der Waals surface area (Å²) in [5, 5.41) is 12.5. The van der Waals surface area contributed by atoms with Gasteiger partial charge in [0.25, 0.3) is 0 Å². The molecule has 0 heterocycles. The second-order valence-corrected chi connectivity index (χ2v) is 15.4. The fourth-order valence-electron chi connectivity index (χ4n) is 11.0. The second-order valence-electron chi connectivity index (χ2n) is 15.4. The van der Waals surface area contributed by atoms with Crippen LogP contribution in [0, 0.1) is 67.1 Å². The highest BCUT2D eigenvalue weighted by Crippen LogP contribution is 2.76. The average Bonchev–Trinajstić information content (AvgIpc) is 2.77. The maximum atomic E-state index is 14.4. The quantitative estimate of drug-likeness (QED) is 0.229. The van der Waals surface area contributed by atoms with Gasteiger partial charge in [-0.15, -0.1) is 5.11 Å². The molecule has 0 aromatic heterocycles. The molecular formula is C30H47N3O2. The molecule has 2 N–H and O–H groups in total. The number of nitrogens with one attached hydrogen (secondary N) is 2. The van der Waals surface area contributed by atoms with Crippen LogP contribution in [0.1, 0.15) is 113 Å². The van der Waals surface area contributed by atoms with Gasteiger partial charge < -0.3 is 0 Å². The Bertz CT molecular complexity index is 1000. The van der Waals surface area contributed by atoms with Gasteiger partial charge in [0.15, 0.2) is 0 Å². The molecule has 35 heavy (non-hydrogen) atoms. The minimum absolute atomic E-state index is 0.0115. The summed E-state index contributed by atoms with van der Waals surface area (Å²) in [5.41, 5.74) is 7.10. The SMILES string of the molecule is CC1(C)CC[C@]2(C(=N)N=N)CC[C@]3(C)[C@H](C(=O)C[C@@H]4[C@@]5(C)CCC(=O)C(C)(C)[C@@H]5CC[C@]43C)[C@@H]2C1. The van der Waals surface area contributed by atoms with Crippen LogP contribution in [0.15, 0.2) is 5.11 Å². The molecule has 5 fully saturated rings. The predicted octanol–water partition coefficient (Wildman–Crippen LogP) is 7.62. The zero-order valence-electron chi connectivity index (χ0n) is 23.1. The van der Waals surface area contributed by atoms with E-state index in [1.165, 1.54) is 0 Å². The summed E-state index contributed by atoms with van der Waals surface area (Å²) in [4.78, 5) is 27.3. The molecule has 5 heteroatoms. The highest BCUT2D eigenvalue weighted by atomic mass is 16.1. The van der Waals surface area contributed by atoms with Gasteiger partial charge in [0.1, 0.15) is 17.4 Å². The number of carbonyl (C=O) groups is 2. The van der Waals surface area contributed by atoms with Crippen LogP contribution in [0.2, 0.25) is 0 Å². The van der Waals surface area contributed by atoms with Gasteiger partial charge in [-0.2, -0.15) is 0 Å². The second kappa shape index (κ2) is 7.34. The Labute approximate surface area is 212 Å². The van der Waals surface area contributed by atoms with E-state index in [4.69, 9.17) is 10.9 Å². The van der Waals surface area contributed by atoms with E-state index in [0.29, 0.717) is 36.2 Å². The molecule has 0 amide bonds. The van der Waals surface area contributed by atoms with E-state index in [-0.39, 0.29) is 44.7 Å². The zero-order chi connectivity index (χ0) is 25.8. The Morgan fingerprint density at radius 2 is 1.51 bits per heavy atom. The van der Waals surface area contributed by atoms with Gasteiger partial charge in [-0.25, -0.2) is 5.53 Å². The fraction of sp³-hybridized carbons (Fsp3) is 0.900. The van der Waals surface area contributed by atoms with Crippen molar-refractivity contribution in [1.29, 1.82) is 10.9 Å². The molecule has 8 atom stereocenters. The number of ketones is 2. The van der Waals surface area contributed by atoms with Crippen molar-refractivity contribution in [1.82, 2.24) is 0 Å². The van der Waals surface area contributed by atoms with Crippen molar-refractivity contribution in [3.8, 4) is 0 Å². The normalized spacial score (nSPS) is 50.3. The van der Waals surface area contributed by atoms with E-state index in [9.17, 15) is 9.59 Å². The summed E-state index contributed by atoms with van der Waals surface area (Å²) in [5.74, 6) is 1.70. The third-order valence-electron chi connectivity index (χ3n) is 13.3. The summed E-state index contributed by atoms with van der Waals surface area (Å²) >= 11 is 0. The van der Waals surface area contributed by atoms with Crippen molar-refractivity contribution in [2.24, 2.45) is 61.3 Å². The monoisotopic (exact) mass is 481 g/mol. The molecule has 0 aromatic rings. The highest BCUT2D eigenvalue weighted by molar-refractivity contribution is 5.90. The van der Waals surface area contributed by atoms with Crippen LogP contribution in [0.25, 0.3) is 0 Å². The lowest BCUT2D eigenvalue weighted by Gasteiger charge is -2.72. The van der Waals surface area contributed by atoms with Gasteiger partial charge >= 0.3 is 0 Å². The van der Waals surface area contributed by atoms with Gasteiger partial charge in [-0.1, -0.05) is 48.5 Å². The molecule has 0 bridgehead atoms. The number of fused-ring (bicyclic) bond motifs is 7. The van der Waals surface area contributed by atoms with Crippen molar-refractivity contribution < 1.29 is 9.59 Å². The Morgan fingerprint density at radius 1 is 0.857 bits per heavy atom. The van der Waals surface area contributed by atoms with Crippen molar-refractivity contribution >= 4 is 17.4 Å². The average molecular weight is 482 g/mol. The first kappa shape index (κ1) is 25.3. The molecule has 5 aliphatic carbocycles. The molecule has 5 saturated carbocycles.